The largest absolute Gasteiger partial charge is 0.506 e. The number of fused-ring (bicyclic) bond motifs is 1. The smallest absolute Gasteiger partial charge is 0.143 e. The van der Waals surface area contributed by atoms with E-state index in [4.69, 9.17) is 5.73 Å². The van der Waals surface area contributed by atoms with E-state index in [9.17, 15) is 5.11 Å². The van der Waals surface area contributed by atoms with E-state index in [0.717, 1.165) is 0 Å². The highest BCUT2D eigenvalue weighted by Crippen LogP contribution is 2.24. The summed E-state index contributed by atoms with van der Waals surface area (Å²) < 4.78 is 0. The Morgan fingerprint density at radius 3 is 2.42 bits per heavy atom. The molecule has 1 heterocycles. The van der Waals surface area contributed by atoms with Crippen molar-refractivity contribution in [3.05, 3.63) is 24.5 Å². The molecule has 0 amide bonds. The summed E-state index contributed by atoms with van der Waals surface area (Å²) in [4.78, 5) is 7.94. The van der Waals surface area contributed by atoms with E-state index in [1.165, 1.54) is 18.5 Å². The molecule has 0 saturated heterocycles. The van der Waals surface area contributed by atoms with Gasteiger partial charge in [-0.2, -0.15) is 0 Å². The number of anilines is 1. The van der Waals surface area contributed by atoms with Crippen LogP contribution >= 0.6 is 0 Å². The lowest BCUT2D eigenvalue weighted by Gasteiger charge is -2.00. The molecule has 0 bridgehead atoms. The molecule has 0 aliphatic carbocycles. The first-order valence-corrected chi connectivity index (χ1v) is 3.47. The molecule has 0 radical (unpaired) electrons. The number of nitrogens with zero attached hydrogens (tertiary/aromatic N) is 2. The van der Waals surface area contributed by atoms with Crippen LogP contribution in [0.5, 0.6) is 5.75 Å². The molecule has 0 saturated carbocycles. The van der Waals surface area contributed by atoms with Crippen molar-refractivity contribution in [2.45, 2.75) is 0 Å². The zero-order chi connectivity index (χ0) is 8.55. The number of aromatic nitrogens is 2. The molecule has 0 aliphatic rings. The van der Waals surface area contributed by atoms with E-state index in [1.807, 2.05) is 0 Å². The standard InChI is InChI=1S/C8H7N3O/c9-5-1-2-6(12)8-7(5)10-3-4-11-8/h1-4,12H,9H2. The SMILES string of the molecule is Nc1ccc(O)c2nccnc12. The van der Waals surface area contributed by atoms with Gasteiger partial charge in [-0.15, -0.1) is 0 Å². The molecule has 0 unspecified atom stereocenters. The molecular formula is C8H7N3O. The van der Waals surface area contributed by atoms with Crippen LogP contribution in [0.25, 0.3) is 11.0 Å². The lowest BCUT2D eigenvalue weighted by Crippen LogP contribution is -1.90. The summed E-state index contributed by atoms with van der Waals surface area (Å²) in [5.41, 5.74) is 7.12. The number of phenols is 1. The van der Waals surface area contributed by atoms with Crippen molar-refractivity contribution < 1.29 is 5.11 Å². The van der Waals surface area contributed by atoms with Crippen LogP contribution in [-0.2, 0) is 0 Å². The predicted molar refractivity (Wildman–Crippen MR) is 45.6 cm³/mol. The Balaban J connectivity index is 2.95. The van der Waals surface area contributed by atoms with Gasteiger partial charge in [0.1, 0.15) is 16.8 Å². The molecule has 60 valence electrons. The Morgan fingerprint density at radius 1 is 1.08 bits per heavy atom. The summed E-state index contributed by atoms with van der Waals surface area (Å²) >= 11 is 0. The predicted octanol–water partition coefficient (Wildman–Crippen LogP) is 0.918. The van der Waals surface area contributed by atoms with Crippen LogP contribution < -0.4 is 5.73 Å². The van der Waals surface area contributed by atoms with Gasteiger partial charge in [-0.25, -0.2) is 4.98 Å². The molecule has 0 spiro atoms. The Bertz CT molecular complexity index is 387. The number of phenolic OH excluding ortho intramolecular Hbond substituents is 1. The van der Waals surface area contributed by atoms with E-state index in [0.29, 0.717) is 16.7 Å². The van der Waals surface area contributed by atoms with E-state index in [2.05, 4.69) is 9.97 Å². The first-order chi connectivity index (χ1) is 5.79. The van der Waals surface area contributed by atoms with Crippen LogP contribution in [0.15, 0.2) is 24.5 Å². The molecule has 1 aromatic carbocycles. The molecule has 4 heteroatoms. The van der Waals surface area contributed by atoms with Gasteiger partial charge in [0.25, 0.3) is 0 Å². The number of nitrogens with two attached hydrogens (primary N) is 1. The third-order valence-corrected chi connectivity index (χ3v) is 1.64. The molecular weight excluding hydrogens is 154 g/mol. The van der Waals surface area contributed by atoms with Gasteiger partial charge in [0.2, 0.25) is 0 Å². The lowest BCUT2D eigenvalue weighted by molar-refractivity contribution is 0.480. The third kappa shape index (κ3) is 0.852. The molecule has 1 aromatic heterocycles. The number of nitrogen functional groups attached to an aromatic ring is 1. The average Bonchev–Trinajstić information content (AvgIpc) is 2.12. The van der Waals surface area contributed by atoms with Crippen molar-refractivity contribution in [3.63, 3.8) is 0 Å². The minimum Gasteiger partial charge on any atom is -0.506 e. The Labute approximate surface area is 68.7 Å². The van der Waals surface area contributed by atoms with E-state index in [1.54, 1.807) is 6.07 Å². The van der Waals surface area contributed by atoms with Crippen LogP contribution in [0.1, 0.15) is 0 Å². The summed E-state index contributed by atoms with van der Waals surface area (Å²) in [5, 5.41) is 9.34. The molecule has 4 nitrogen and oxygen atoms in total. The normalized spacial score (nSPS) is 10.3. The summed E-state index contributed by atoms with van der Waals surface area (Å²) in [7, 11) is 0. The van der Waals surface area contributed by atoms with Gasteiger partial charge in [0.15, 0.2) is 0 Å². The van der Waals surface area contributed by atoms with Gasteiger partial charge in [0, 0.05) is 12.4 Å². The van der Waals surface area contributed by atoms with Crippen LogP contribution in [0, 0.1) is 0 Å². The Hall–Kier alpha value is -1.84. The van der Waals surface area contributed by atoms with Crippen LogP contribution in [-0.4, -0.2) is 15.1 Å². The number of rotatable bonds is 0. The van der Waals surface area contributed by atoms with E-state index < -0.39 is 0 Å². The van der Waals surface area contributed by atoms with Crippen molar-refractivity contribution >= 4 is 16.7 Å². The molecule has 2 aromatic rings. The van der Waals surface area contributed by atoms with Crippen molar-refractivity contribution in [1.82, 2.24) is 9.97 Å². The highest BCUT2D eigenvalue weighted by Gasteiger charge is 2.03. The first-order valence-electron chi connectivity index (χ1n) is 3.47. The minimum absolute atomic E-state index is 0.104. The average molecular weight is 161 g/mol. The van der Waals surface area contributed by atoms with Crippen molar-refractivity contribution in [2.24, 2.45) is 0 Å². The number of benzene rings is 1. The zero-order valence-corrected chi connectivity index (χ0v) is 6.23. The molecule has 0 atom stereocenters. The first kappa shape index (κ1) is 6.84. The fraction of sp³-hybridized carbons (Fsp3) is 0. The quantitative estimate of drug-likeness (QED) is 0.445. The maximum atomic E-state index is 9.34. The van der Waals surface area contributed by atoms with Crippen LogP contribution in [0.3, 0.4) is 0 Å². The van der Waals surface area contributed by atoms with Gasteiger partial charge in [-0.3, -0.25) is 4.98 Å². The minimum atomic E-state index is 0.104. The maximum absolute atomic E-state index is 9.34. The number of aromatic hydroxyl groups is 1. The third-order valence-electron chi connectivity index (χ3n) is 1.64. The van der Waals surface area contributed by atoms with Crippen molar-refractivity contribution in [2.75, 3.05) is 5.73 Å². The van der Waals surface area contributed by atoms with Gasteiger partial charge in [-0.05, 0) is 12.1 Å². The topological polar surface area (TPSA) is 72.0 Å². The summed E-state index contributed by atoms with van der Waals surface area (Å²) in [6, 6.07) is 3.11. The molecule has 2 rings (SSSR count). The highest BCUT2D eigenvalue weighted by atomic mass is 16.3. The van der Waals surface area contributed by atoms with Gasteiger partial charge >= 0.3 is 0 Å². The number of hydrogen-bond donors (Lipinski definition) is 2. The summed E-state index contributed by atoms with van der Waals surface area (Å²) in [5.74, 6) is 0.104. The van der Waals surface area contributed by atoms with Crippen molar-refractivity contribution in [3.8, 4) is 5.75 Å². The molecule has 12 heavy (non-hydrogen) atoms. The van der Waals surface area contributed by atoms with Crippen LogP contribution in [0.2, 0.25) is 0 Å². The molecule has 0 fully saturated rings. The van der Waals surface area contributed by atoms with Gasteiger partial charge in [0.05, 0.1) is 5.69 Å². The summed E-state index contributed by atoms with van der Waals surface area (Å²) in [6.45, 7) is 0. The molecule has 3 N–H and O–H groups in total. The molecule has 0 aliphatic heterocycles. The summed E-state index contributed by atoms with van der Waals surface area (Å²) in [6.07, 6.45) is 3.06. The van der Waals surface area contributed by atoms with Crippen LogP contribution in [0.4, 0.5) is 5.69 Å². The van der Waals surface area contributed by atoms with E-state index >= 15 is 0 Å². The lowest BCUT2D eigenvalue weighted by atomic mass is 10.2. The second-order valence-electron chi connectivity index (χ2n) is 2.43. The highest BCUT2D eigenvalue weighted by molar-refractivity contribution is 5.90. The Kier molecular flexibility index (Phi) is 1.33. The second-order valence-corrected chi connectivity index (χ2v) is 2.43. The van der Waals surface area contributed by atoms with Gasteiger partial charge in [-0.1, -0.05) is 0 Å². The number of hydrogen-bond acceptors (Lipinski definition) is 4. The zero-order valence-electron chi connectivity index (χ0n) is 6.23. The van der Waals surface area contributed by atoms with E-state index in [-0.39, 0.29) is 5.75 Å². The monoisotopic (exact) mass is 161 g/mol. The maximum Gasteiger partial charge on any atom is 0.143 e. The van der Waals surface area contributed by atoms with Gasteiger partial charge < -0.3 is 10.8 Å². The Morgan fingerprint density at radius 2 is 1.75 bits per heavy atom. The second kappa shape index (κ2) is 2.34. The fourth-order valence-electron chi connectivity index (χ4n) is 1.06. The fourth-order valence-corrected chi connectivity index (χ4v) is 1.06. The van der Waals surface area contributed by atoms with Crippen molar-refractivity contribution in [1.29, 1.82) is 0 Å².